The molecule has 5 heteroatoms. The molecule has 0 aliphatic rings. The van der Waals surface area contributed by atoms with Gasteiger partial charge in [-0.25, -0.2) is 9.78 Å². The van der Waals surface area contributed by atoms with E-state index in [1.54, 1.807) is 0 Å². The molecule has 1 aromatic heterocycles. The van der Waals surface area contributed by atoms with Crippen LogP contribution in [0.4, 0.5) is 0 Å². The number of hydrogen-bond donors (Lipinski definition) is 0. The van der Waals surface area contributed by atoms with Gasteiger partial charge < -0.3 is 13.9 Å². The zero-order valence-corrected chi connectivity index (χ0v) is 14.2. The van der Waals surface area contributed by atoms with Gasteiger partial charge in [0.15, 0.2) is 6.61 Å². The molecule has 2 aromatic carbocycles. The lowest BCUT2D eigenvalue weighted by Crippen LogP contribution is -2.15. The zero-order chi connectivity index (χ0) is 17.6. The summed E-state index contributed by atoms with van der Waals surface area (Å²) in [5.41, 5.74) is 3.56. The molecule has 0 N–H and O–H groups in total. The molecule has 0 spiro atoms. The Morgan fingerprint density at radius 2 is 1.92 bits per heavy atom. The molecule has 128 valence electrons. The number of carbonyl (C=O) groups excluding carboxylic acids is 1. The fraction of sp³-hybridized carbons (Fsp3) is 0.200. The molecule has 3 aromatic rings. The predicted molar refractivity (Wildman–Crippen MR) is 93.1 cm³/mol. The number of aryl methyl sites for hydroxylation is 2. The number of hydrogen-bond acceptors (Lipinski definition) is 5. The Bertz CT molecular complexity index is 855. The molecule has 0 amide bonds. The summed E-state index contributed by atoms with van der Waals surface area (Å²) in [7, 11) is 0. The number of carbonyl (C=O) groups is 1. The SMILES string of the molecule is Cc1ccc(OCC(=O)OCc2coc(-c3ccccc3)n2)c(C)c1. The van der Waals surface area contributed by atoms with Crippen molar-refractivity contribution in [2.45, 2.75) is 20.5 Å². The van der Waals surface area contributed by atoms with Crippen LogP contribution in [0.1, 0.15) is 16.8 Å². The van der Waals surface area contributed by atoms with Crippen LogP contribution in [0.5, 0.6) is 5.75 Å². The highest BCUT2D eigenvalue weighted by Crippen LogP contribution is 2.19. The number of benzene rings is 2. The van der Waals surface area contributed by atoms with Gasteiger partial charge in [0.25, 0.3) is 0 Å². The first-order valence-corrected chi connectivity index (χ1v) is 7.97. The van der Waals surface area contributed by atoms with Gasteiger partial charge in [0.1, 0.15) is 24.3 Å². The van der Waals surface area contributed by atoms with Crippen LogP contribution < -0.4 is 4.74 Å². The first kappa shape index (κ1) is 16.8. The fourth-order valence-corrected chi connectivity index (χ4v) is 2.38. The Kier molecular flexibility index (Phi) is 5.14. The first-order valence-electron chi connectivity index (χ1n) is 7.97. The van der Waals surface area contributed by atoms with Gasteiger partial charge in [0.2, 0.25) is 5.89 Å². The molecule has 0 saturated carbocycles. The van der Waals surface area contributed by atoms with Crippen molar-refractivity contribution in [3.05, 3.63) is 71.6 Å². The third-order valence-electron chi connectivity index (χ3n) is 3.63. The van der Waals surface area contributed by atoms with Crippen molar-refractivity contribution in [3.8, 4) is 17.2 Å². The standard InChI is InChI=1S/C20H19NO4/c1-14-8-9-18(15(2)10-14)23-13-19(22)24-11-17-12-25-20(21-17)16-6-4-3-5-7-16/h3-10,12H,11,13H2,1-2H3. The third-order valence-corrected chi connectivity index (χ3v) is 3.63. The number of rotatable bonds is 6. The summed E-state index contributed by atoms with van der Waals surface area (Å²) in [6.45, 7) is 3.85. The minimum Gasteiger partial charge on any atom is -0.482 e. The van der Waals surface area contributed by atoms with Crippen molar-refractivity contribution in [2.75, 3.05) is 6.61 Å². The normalized spacial score (nSPS) is 10.5. The van der Waals surface area contributed by atoms with Crippen molar-refractivity contribution in [2.24, 2.45) is 0 Å². The average molecular weight is 337 g/mol. The molecule has 1 heterocycles. The highest BCUT2D eigenvalue weighted by atomic mass is 16.6. The van der Waals surface area contributed by atoms with Gasteiger partial charge in [0.05, 0.1) is 0 Å². The Morgan fingerprint density at radius 3 is 2.68 bits per heavy atom. The Morgan fingerprint density at radius 1 is 1.12 bits per heavy atom. The van der Waals surface area contributed by atoms with Gasteiger partial charge in [-0.05, 0) is 37.6 Å². The maximum absolute atomic E-state index is 11.8. The molecule has 0 atom stereocenters. The first-order chi connectivity index (χ1) is 12.1. The van der Waals surface area contributed by atoms with Crippen LogP contribution in [0.3, 0.4) is 0 Å². The minimum atomic E-state index is -0.454. The number of oxazole rings is 1. The smallest absolute Gasteiger partial charge is 0.344 e. The van der Waals surface area contributed by atoms with Crippen molar-refractivity contribution >= 4 is 5.97 Å². The van der Waals surface area contributed by atoms with Gasteiger partial charge in [-0.15, -0.1) is 0 Å². The molecule has 5 nitrogen and oxygen atoms in total. The molecule has 0 aliphatic carbocycles. The summed E-state index contributed by atoms with van der Waals surface area (Å²) in [5.74, 6) is 0.720. The maximum atomic E-state index is 11.8. The van der Waals surface area contributed by atoms with Crippen LogP contribution in [0.2, 0.25) is 0 Å². The number of aromatic nitrogens is 1. The van der Waals surface area contributed by atoms with Crippen molar-refractivity contribution in [1.82, 2.24) is 4.98 Å². The molecule has 0 unspecified atom stereocenters. The molecule has 0 bridgehead atoms. The second-order valence-electron chi connectivity index (χ2n) is 5.73. The van der Waals surface area contributed by atoms with Crippen LogP contribution >= 0.6 is 0 Å². The molecule has 0 fully saturated rings. The summed E-state index contributed by atoms with van der Waals surface area (Å²) >= 11 is 0. The second-order valence-corrected chi connectivity index (χ2v) is 5.73. The zero-order valence-electron chi connectivity index (χ0n) is 14.2. The molecular formula is C20H19NO4. The van der Waals surface area contributed by atoms with E-state index in [1.807, 2.05) is 62.4 Å². The lowest BCUT2D eigenvalue weighted by atomic mass is 10.1. The van der Waals surface area contributed by atoms with Gasteiger partial charge in [-0.1, -0.05) is 35.9 Å². The largest absolute Gasteiger partial charge is 0.482 e. The Labute approximate surface area is 146 Å². The average Bonchev–Trinajstić information content (AvgIpc) is 3.09. The van der Waals surface area contributed by atoms with Crippen LogP contribution in [0.25, 0.3) is 11.5 Å². The quantitative estimate of drug-likeness (QED) is 0.634. The maximum Gasteiger partial charge on any atom is 0.344 e. The van der Waals surface area contributed by atoms with Gasteiger partial charge in [-0.2, -0.15) is 0 Å². The Hall–Kier alpha value is -3.08. The van der Waals surface area contributed by atoms with E-state index in [-0.39, 0.29) is 13.2 Å². The van der Waals surface area contributed by atoms with E-state index in [9.17, 15) is 4.79 Å². The predicted octanol–water partition coefficient (Wildman–Crippen LogP) is 4.08. The van der Waals surface area contributed by atoms with Crippen LogP contribution in [-0.2, 0) is 16.1 Å². The molecule has 0 radical (unpaired) electrons. The molecule has 3 rings (SSSR count). The highest BCUT2D eigenvalue weighted by Gasteiger charge is 2.10. The lowest BCUT2D eigenvalue weighted by molar-refractivity contribution is -0.147. The lowest BCUT2D eigenvalue weighted by Gasteiger charge is -2.09. The van der Waals surface area contributed by atoms with Crippen LogP contribution in [-0.4, -0.2) is 17.6 Å². The summed E-state index contributed by atoms with van der Waals surface area (Å²) in [5, 5.41) is 0. The van der Waals surface area contributed by atoms with E-state index in [4.69, 9.17) is 13.9 Å². The van der Waals surface area contributed by atoms with Crippen LogP contribution in [0.15, 0.2) is 59.2 Å². The number of ether oxygens (including phenoxy) is 2. The van der Waals surface area contributed by atoms with Crippen molar-refractivity contribution in [3.63, 3.8) is 0 Å². The molecular weight excluding hydrogens is 318 g/mol. The van der Waals surface area contributed by atoms with E-state index < -0.39 is 5.97 Å². The van der Waals surface area contributed by atoms with E-state index >= 15 is 0 Å². The Balaban J connectivity index is 1.50. The molecule has 25 heavy (non-hydrogen) atoms. The minimum absolute atomic E-state index is 0.0470. The van der Waals surface area contributed by atoms with Crippen molar-refractivity contribution in [1.29, 1.82) is 0 Å². The van der Waals surface area contributed by atoms with Gasteiger partial charge in [0, 0.05) is 5.56 Å². The van der Waals surface area contributed by atoms with E-state index in [1.165, 1.54) is 6.26 Å². The summed E-state index contributed by atoms with van der Waals surface area (Å²) < 4.78 is 16.1. The second kappa shape index (κ2) is 7.66. The number of nitrogens with zero attached hydrogens (tertiary/aromatic N) is 1. The van der Waals surface area contributed by atoms with Crippen LogP contribution in [0, 0.1) is 13.8 Å². The van der Waals surface area contributed by atoms with Gasteiger partial charge >= 0.3 is 5.97 Å². The van der Waals surface area contributed by atoms with E-state index in [2.05, 4.69) is 4.98 Å². The van der Waals surface area contributed by atoms with Crippen molar-refractivity contribution < 1.29 is 18.7 Å². The fourth-order valence-electron chi connectivity index (χ4n) is 2.38. The highest BCUT2D eigenvalue weighted by molar-refractivity contribution is 5.71. The summed E-state index contributed by atoms with van der Waals surface area (Å²) in [4.78, 5) is 16.1. The van der Waals surface area contributed by atoms with E-state index in [0.717, 1.165) is 16.7 Å². The monoisotopic (exact) mass is 337 g/mol. The molecule has 0 aliphatic heterocycles. The topological polar surface area (TPSA) is 61.6 Å². The third kappa shape index (κ3) is 4.47. The molecule has 0 saturated heterocycles. The summed E-state index contributed by atoms with van der Waals surface area (Å²) in [6, 6.07) is 15.3. The van der Waals surface area contributed by atoms with Gasteiger partial charge in [-0.3, -0.25) is 0 Å². The number of esters is 1. The summed E-state index contributed by atoms with van der Waals surface area (Å²) in [6.07, 6.45) is 1.49. The van der Waals surface area contributed by atoms with E-state index in [0.29, 0.717) is 17.3 Å².